The summed E-state index contributed by atoms with van der Waals surface area (Å²) in [5.74, 6) is 0. The van der Waals surface area contributed by atoms with Crippen LogP contribution in [0.1, 0.15) is 32.2 Å². The quantitative estimate of drug-likeness (QED) is 0.657. The van der Waals surface area contributed by atoms with E-state index in [1.165, 1.54) is 0 Å². The largest absolute Gasteiger partial charge is 0.259 e. The Kier molecular flexibility index (Phi) is 2.18. The van der Waals surface area contributed by atoms with Crippen molar-refractivity contribution in [3.63, 3.8) is 0 Å². The van der Waals surface area contributed by atoms with Crippen LogP contribution in [-0.2, 0) is 5.41 Å². The number of hydrogen-bond donors (Lipinski definition) is 0. The van der Waals surface area contributed by atoms with Crippen molar-refractivity contribution < 1.29 is 0 Å². The van der Waals surface area contributed by atoms with Gasteiger partial charge in [0.15, 0.2) is 0 Å². The highest BCUT2D eigenvalue weighted by Gasteiger charge is 2.16. The van der Waals surface area contributed by atoms with Crippen molar-refractivity contribution in [3.05, 3.63) is 29.7 Å². The average Bonchev–Trinajstić information content (AvgIpc) is 2.15. The molecular formula is C12H15N3. The van der Waals surface area contributed by atoms with Gasteiger partial charge in [-0.1, -0.05) is 20.8 Å². The second-order valence-corrected chi connectivity index (χ2v) is 4.86. The molecule has 0 saturated heterocycles. The van der Waals surface area contributed by atoms with Gasteiger partial charge in [-0.15, -0.1) is 5.10 Å². The third kappa shape index (κ3) is 1.96. The van der Waals surface area contributed by atoms with E-state index in [9.17, 15) is 0 Å². The van der Waals surface area contributed by atoms with Crippen LogP contribution in [0.15, 0.2) is 18.3 Å². The van der Waals surface area contributed by atoms with E-state index in [2.05, 4.69) is 42.0 Å². The standard InChI is InChI=1S/C12H15N3/c1-8-5-9-6-11(12(2,3)4)15-14-10(9)7-13-8/h5-7H,1-4H3. The van der Waals surface area contributed by atoms with Crippen LogP contribution in [0.25, 0.3) is 10.9 Å². The van der Waals surface area contributed by atoms with Gasteiger partial charge in [0.1, 0.15) is 5.52 Å². The highest BCUT2D eigenvalue weighted by Crippen LogP contribution is 2.22. The van der Waals surface area contributed by atoms with E-state index in [0.29, 0.717) is 0 Å². The van der Waals surface area contributed by atoms with E-state index in [-0.39, 0.29) is 5.41 Å². The lowest BCUT2D eigenvalue weighted by Crippen LogP contribution is -2.14. The Labute approximate surface area is 89.6 Å². The predicted octanol–water partition coefficient (Wildman–Crippen LogP) is 2.63. The molecule has 15 heavy (non-hydrogen) atoms. The summed E-state index contributed by atoms with van der Waals surface area (Å²) in [6.07, 6.45) is 1.77. The summed E-state index contributed by atoms with van der Waals surface area (Å²) in [6.45, 7) is 8.39. The van der Waals surface area contributed by atoms with Crippen molar-refractivity contribution in [1.82, 2.24) is 15.2 Å². The minimum atomic E-state index is 0.0400. The van der Waals surface area contributed by atoms with Gasteiger partial charge in [0, 0.05) is 16.5 Å². The molecule has 78 valence electrons. The maximum Gasteiger partial charge on any atom is 0.111 e. The first-order chi connectivity index (χ1) is 6.97. The fraction of sp³-hybridized carbons (Fsp3) is 0.417. The molecule has 0 radical (unpaired) electrons. The van der Waals surface area contributed by atoms with E-state index in [1.807, 2.05) is 13.0 Å². The Morgan fingerprint density at radius 2 is 1.80 bits per heavy atom. The maximum atomic E-state index is 4.22. The molecule has 0 unspecified atom stereocenters. The van der Waals surface area contributed by atoms with Gasteiger partial charge in [-0.2, -0.15) is 5.10 Å². The van der Waals surface area contributed by atoms with Gasteiger partial charge < -0.3 is 0 Å². The molecule has 2 rings (SSSR count). The number of fused-ring (bicyclic) bond motifs is 1. The van der Waals surface area contributed by atoms with Crippen LogP contribution in [0, 0.1) is 6.92 Å². The molecule has 0 fully saturated rings. The zero-order valence-corrected chi connectivity index (χ0v) is 9.57. The van der Waals surface area contributed by atoms with Crippen LogP contribution < -0.4 is 0 Å². The van der Waals surface area contributed by atoms with E-state index < -0.39 is 0 Å². The summed E-state index contributed by atoms with van der Waals surface area (Å²) in [7, 11) is 0. The van der Waals surface area contributed by atoms with Crippen molar-refractivity contribution in [2.45, 2.75) is 33.1 Å². The van der Waals surface area contributed by atoms with Gasteiger partial charge in [0.25, 0.3) is 0 Å². The van der Waals surface area contributed by atoms with E-state index in [1.54, 1.807) is 6.20 Å². The number of pyridine rings is 1. The molecule has 3 nitrogen and oxygen atoms in total. The van der Waals surface area contributed by atoms with Crippen LogP contribution in [0.4, 0.5) is 0 Å². The molecular weight excluding hydrogens is 186 g/mol. The Bertz CT molecular complexity index is 498. The van der Waals surface area contributed by atoms with Gasteiger partial charge in [-0.25, -0.2) is 0 Å². The number of aromatic nitrogens is 3. The Morgan fingerprint density at radius 3 is 2.47 bits per heavy atom. The zero-order valence-electron chi connectivity index (χ0n) is 9.57. The van der Waals surface area contributed by atoms with Gasteiger partial charge >= 0.3 is 0 Å². The molecule has 0 aliphatic rings. The number of hydrogen-bond acceptors (Lipinski definition) is 3. The fourth-order valence-corrected chi connectivity index (χ4v) is 1.42. The highest BCUT2D eigenvalue weighted by atomic mass is 15.1. The number of nitrogens with zero attached hydrogens (tertiary/aromatic N) is 3. The molecule has 0 spiro atoms. The Balaban J connectivity index is 2.64. The minimum Gasteiger partial charge on any atom is -0.259 e. The highest BCUT2D eigenvalue weighted by molar-refractivity contribution is 5.77. The Morgan fingerprint density at radius 1 is 1.07 bits per heavy atom. The molecule has 0 atom stereocenters. The monoisotopic (exact) mass is 201 g/mol. The number of aryl methyl sites for hydroxylation is 1. The van der Waals surface area contributed by atoms with Gasteiger partial charge in [0.05, 0.1) is 11.9 Å². The van der Waals surface area contributed by atoms with E-state index in [0.717, 1.165) is 22.3 Å². The van der Waals surface area contributed by atoms with Crippen LogP contribution in [-0.4, -0.2) is 15.2 Å². The molecule has 0 bridgehead atoms. The smallest absolute Gasteiger partial charge is 0.111 e. The fourth-order valence-electron chi connectivity index (χ4n) is 1.42. The third-order valence-corrected chi connectivity index (χ3v) is 2.38. The van der Waals surface area contributed by atoms with Crippen molar-refractivity contribution in [3.8, 4) is 0 Å². The molecule has 2 aromatic rings. The van der Waals surface area contributed by atoms with Gasteiger partial charge in [0.2, 0.25) is 0 Å². The van der Waals surface area contributed by atoms with Crippen LogP contribution in [0.2, 0.25) is 0 Å². The normalized spacial score (nSPS) is 12.0. The first-order valence-corrected chi connectivity index (χ1v) is 5.07. The SMILES string of the molecule is Cc1cc2cc(C(C)(C)C)nnc2cn1. The molecule has 2 heterocycles. The predicted molar refractivity (Wildman–Crippen MR) is 60.8 cm³/mol. The number of rotatable bonds is 0. The second kappa shape index (κ2) is 3.26. The van der Waals surface area contributed by atoms with Crippen LogP contribution in [0.3, 0.4) is 0 Å². The molecule has 0 amide bonds. The summed E-state index contributed by atoms with van der Waals surface area (Å²) < 4.78 is 0. The van der Waals surface area contributed by atoms with Crippen LogP contribution in [0.5, 0.6) is 0 Å². The molecule has 0 saturated carbocycles. The van der Waals surface area contributed by atoms with Gasteiger partial charge in [-0.3, -0.25) is 4.98 Å². The topological polar surface area (TPSA) is 38.7 Å². The first-order valence-electron chi connectivity index (χ1n) is 5.07. The molecule has 0 aromatic carbocycles. The first kappa shape index (κ1) is 10.0. The van der Waals surface area contributed by atoms with Crippen molar-refractivity contribution in [2.75, 3.05) is 0 Å². The van der Waals surface area contributed by atoms with E-state index in [4.69, 9.17) is 0 Å². The van der Waals surface area contributed by atoms with Crippen molar-refractivity contribution >= 4 is 10.9 Å². The molecule has 0 aliphatic carbocycles. The lowest BCUT2D eigenvalue weighted by molar-refractivity contribution is 0.561. The Hall–Kier alpha value is -1.51. The van der Waals surface area contributed by atoms with E-state index >= 15 is 0 Å². The summed E-state index contributed by atoms with van der Waals surface area (Å²) in [6, 6.07) is 4.14. The summed E-state index contributed by atoms with van der Waals surface area (Å²) in [4.78, 5) is 4.20. The summed E-state index contributed by atoms with van der Waals surface area (Å²) in [5.41, 5.74) is 2.92. The van der Waals surface area contributed by atoms with Crippen LogP contribution >= 0.6 is 0 Å². The lowest BCUT2D eigenvalue weighted by Gasteiger charge is -2.16. The molecule has 0 N–H and O–H groups in total. The third-order valence-electron chi connectivity index (χ3n) is 2.38. The lowest BCUT2D eigenvalue weighted by atomic mass is 9.91. The zero-order chi connectivity index (χ0) is 11.1. The molecule has 2 aromatic heterocycles. The summed E-state index contributed by atoms with van der Waals surface area (Å²) >= 11 is 0. The maximum absolute atomic E-state index is 4.22. The molecule has 0 aliphatic heterocycles. The second-order valence-electron chi connectivity index (χ2n) is 4.86. The van der Waals surface area contributed by atoms with Gasteiger partial charge in [-0.05, 0) is 19.1 Å². The summed E-state index contributed by atoms with van der Waals surface area (Å²) in [5, 5.41) is 9.51. The van der Waals surface area contributed by atoms with Crippen molar-refractivity contribution in [2.24, 2.45) is 0 Å². The average molecular weight is 201 g/mol. The molecule has 3 heteroatoms. The van der Waals surface area contributed by atoms with Crippen molar-refractivity contribution in [1.29, 1.82) is 0 Å². The minimum absolute atomic E-state index is 0.0400.